The first-order chi connectivity index (χ1) is 6.58. The van der Waals surface area contributed by atoms with Crippen LogP contribution in [0.25, 0.3) is 6.08 Å². The van der Waals surface area contributed by atoms with Crippen molar-refractivity contribution in [1.29, 1.82) is 0 Å². The third-order valence-electron chi connectivity index (χ3n) is 1.49. The molecule has 0 radical (unpaired) electrons. The van der Waals surface area contributed by atoms with Crippen LogP contribution in [0.2, 0.25) is 5.02 Å². The van der Waals surface area contributed by atoms with Crippen LogP contribution in [0.15, 0.2) is 28.7 Å². The van der Waals surface area contributed by atoms with Crippen molar-refractivity contribution in [1.82, 2.24) is 0 Å². The molecule has 14 heavy (non-hydrogen) atoms. The standard InChI is InChI=1S/C10H8BrClO2/c11-8-4-7(5-9(12)6-8)2-1-3-10(13)14/h1-2,4-6H,3H2,(H,13,14). The van der Waals surface area contributed by atoms with Crippen LogP contribution in [0.5, 0.6) is 0 Å². The lowest BCUT2D eigenvalue weighted by molar-refractivity contribution is -0.135. The van der Waals surface area contributed by atoms with E-state index in [-0.39, 0.29) is 6.42 Å². The molecule has 0 aliphatic rings. The van der Waals surface area contributed by atoms with Gasteiger partial charge in [-0.05, 0) is 23.8 Å². The van der Waals surface area contributed by atoms with E-state index >= 15 is 0 Å². The van der Waals surface area contributed by atoms with Crippen molar-refractivity contribution in [3.8, 4) is 0 Å². The maximum absolute atomic E-state index is 10.2. The SMILES string of the molecule is O=C(O)CC=Cc1cc(Cl)cc(Br)c1. The molecule has 0 amide bonds. The highest BCUT2D eigenvalue weighted by atomic mass is 79.9. The average molecular weight is 276 g/mol. The van der Waals surface area contributed by atoms with Gasteiger partial charge in [-0.15, -0.1) is 0 Å². The molecule has 0 fully saturated rings. The van der Waals surface area contributed by atoms with E-state index in [1.54, 1.807) is 24.3 Å². The Morgan fingerprint density at radius 2 is 2.21 bits per heavy atom. The first kappa shape index (κ1) is 11.3. The van der Waals surface area contributed by atoms with Gasteiger partial charge in [0, 0.05) is 9.50 Å². The van der Waals surface area contributed by atoms with E-state index in [9.17, 15) is 4.79 Å². The molecule has 0 unspecified atom stereocenters. The Labute approximate surface area is 95.3 Å². The monoisotopic (exact) mass is 274 g/mol. The topological polar surface area (TPSA) is 37.3 Å². The Morgan fingerprint density at radius 1 is 1.50 bits per heavy atom. The number of rotatable bonds is 3. The molecule has 0 aliphatic carbocycles. The summed E-state index contributed by atoms with van der Waals surface area (Å²) < 4.78 is 0.875. The molecule has 1 N–H and O–H groups in total. The van der Waals surface area contributed by atoms with Gasteiger partial charge in [0.05, 0.1) is 6.42 Å². The minimum absolute atomic E-state index is 0.0180. The number of benzene rings is 1. The highest BCUT2D eigenvalue weighted by molar-refractivity contribution is 9.10. The molecule has 4 heteroatoms. The van der Waals surface area contributed by atoms with Crippen molar-refractivity contribution in [2.45, 2.75) is 6.42 Å². The van der Waals surface area contributed by atoms with Gasteiger partial charge in [0.1, 0.15) is 0 Å². The largest absolute Gasteiger partial charge is 0.481 e. The Balaban J connectivity index is 2.76. The third-order valence-corrected chi connectivity index (χ3v) is 2.16. The van der Waals surface area contributed by atoms with Crippen molar-refractivity contribution in [2.75, 3.05) is 0 Å². The zero-order valence-electron chi connectivity index (χ0n) is 7.21. The van der Waals surface area contributed by atoms with Crippen LogP contribution in [0.1, 0.15) is 12.0 Å². The highest BCUT2D eigenvalue weighted by Gasteiger charge is 1.95. The molecular weight excluding hydrogens is 267 g/mol. The summed E-state index contributed by atoms with van der Waals surface area (Å²) >= 11 is 9.11. The van der Waals surface area contributed by atoms with E-state index in [0.717, 1.165) is 10.0 Å². The van der Waals surface area contributed by atoms with Gasteiger partial charge in [-0.1, -0.05) is 39.7 Å². The summed E-state index contributed by atoms with van der Waals surface area (Å²) in [7, 11) is 0. The molecule has 1 rings (SSSR count). The van der Waals surface area contributed by atoms with Gasteiger partial charge in [-0.25, -0.2) is 0 Å². The van der Waals surface area contributed by atoms with Gasteiger partial charge in [-0.3, -0.25) is 4.79 Å². The van der Waals surface area contributed by atoms with Crippen molar-refractivity contribution >= 4 is 39.6 Å². The molecule has 0 atom stereocenters. The molecule has 0 heterocycles. The number of halogens is 2. The van der Waals surface area contributed by atoms with E-state index < -0.39 is 5.97 Å². The smallest absolute Gasteiger partial charge is 0.307 e. The number of hydrogen-bond acceptors (Lipinski definition) is 1. The maximum atomic E-state index is 10.2. The fraction of sp³-hybridized carbons (Fsp3) is 0.100. The Bertz CT molecular complexity index is 354. The van der Waals surface area contributed by atoms with Crippen molar-refractivity contribution in [2.24, 2.45) is 0 Å². The lowest BCUT2D eigenvalue weighted by Gasteiger charge is -1.96. The van der Waals surface area contributed by atoms with Crippen LogP contribution in [-0.2, 0) is 4.79 Å². The lowest BCUT2D eigenvalue weighted by atomic mass is 10.2. The quantitative estimate of drug-likeness (QED) is 0.915. The molecule has 0 saturated carbocycles. The maximum Gasteiger partial charge on any atom is 0.307 e. The number of carbonyl (C=O) groups is 1. The Kier molecular flexibility index (Phi) is 4.17. The highest BCUT2D eigenvalue weighted by Crippen LogP contribution is 2.20. The van der Waals surface area contributed by atoms with Gasteiger partial charge in [-0.2, -0.15) is 0 Å². The fourth-order valence-corrected chi connectivity index (χ4v) is 1.85. The zero-order valence-corrected chi connectivity index (χ0v) is 9.55. The first-order valence-corrected chi connectivity index (χ1v) is 5.09. The number of carboxylic acids is 1. The second-order valence-corrected chi connectivity index (χ2v) is 4.06. The van der Waals surface area contributed by atoms with E-state index in [1.165, 1.54) is 0 Å². The van der Waals surface area contributed by atoms with Gasteiger partial charge in [0.15, 0.2) is 0 Å². The van der Waals surface area contributed by atoms with Crippen LogP contribution in [0, 0.1) is 0 Å². The van der Waals surface area contributed by atoms with E-state index in [0.29, 0.717) is 5.02 Å². The third kappa shape index (κ3) is 3.94. The van der Waals surface area contributed by atoms with Gasteiger partial charge in [0.2, 0.25) is 0 Å². The average Bonchev–Trinajstić information content (AvgIpc) is 2.01. The summed E-state index contributed by atoms with van der Waals surface area (Å²) in [6.45, 7) is 0. The molecule has 1 aromatic carbocycles. The number of hydrogen-bond donors (Lipinski definition) is 1. The predicted octanol–water partition coefficient (Wildman–Crippen LogP) is 3.59. The van der Waals surface area contributed by atoms with Crippen LogP contribution in [0.4, 0.5) is 0 Å². The minimum atomic E-state index is -0.845. The Hall–Kier alpha value is -0.800. The summed E-state index contributed by atoms with van der Waals surface area (Å²) in [6.07, 6.45) is 3.33. The molecule has 2 nitrogen and oxygen atoms in total. The molecule has 0 saturated heterocycles. The Morgan fingerprint density at radius 3 is 2.79 bits per heavy atom. The van der Waals surface area contributed by atoms with E-state index in [1.807, 2.05) is 6.07 Å². The summed E-state index contributed by atoms with van der Waals surface area (Å²) in [5, 5.41) is 9.03. The minimum Gasteiger partial charge on any atom is -0.481 e. The van der Waals surface area contributed by atoms with Crippen LogP contribution in [-0.4, -0.2) is 11.1 Å². The summed E-state index contributed by atoms with van der Waals surface area (Å²) in [6, 6.07) is 5.41. The number of carboxylic acid groups (broad SMARTS) is 1. The van der Waals surface area contributed by atoms with Crippen molar-refractivity contribution in [3.05, 3.63) is 39.3 Å². The molecule has 74 valence electrons. The zero-order chi connectivity index (χ0) is 10.6. The first-order valence-electron chi connectivity index (χ1n) is 3.92. The molecule has 0 aromatic heterocycles. The normalized spacial score (nSPS) is 10.7. The molecule has 0 aliphatic heterocycles. The second-order valence-electron chi connectivity index (χ2n) is 2.70. The van der Waals surface area contributed by atoms with E-state index in [4.69, 9.17) is 16.7 Å². The molecule has 0 bridgehead atoms. The molecule has 0 spiro atoms. The molecular formula is C10H8BrClO2. The van der Waals surface area contributed by atoms with Gasteiger partial charge >= 0.3 is 5.97 Å². The summed E-state index contributed by atoms with van der Waals surface area (Å²) in [5.41, 5.74) is 0.880. The fourth-order valence-electron chi connectivity index (χ4n) is 0.967. The van der Waals surface area contributed by atoms with Gasteiger partial charge < -0.3 is 5.11 Å². The van der Waals surface area contributed by atoms with Gasteiger partial charge in [0.25, 0.3) is 0 Å². The van der Waals surface area contributed by atoms with Crippen molar-refractivity contribution < 1.29 is 9.90 Å². The molecule has 1 aromatic rings. The summed E-state index contributed by atoms with van der Waals surface area (Å²) in [5.74, 6) is -0.845. The predicted molar refractivity (Wildman–Crippen MR) is 60.4 cm³/mol. The van der Waals surface area contributed by atoms with E-state index in [2.05, 4.69) is 15.9 Å². The second kappa shape index (κ2) is 5.17. The van der Waals surface area contributed by atoms with Crippen LogP contribution < -0.4 is 0 Å². The number of aliphatic carboxylic acids is 1. The lowest BCUT2D eigenvalue weighted by Crippen LogP contribution is -1.89. The van der Waals surface area contributed by atoms with Crippen molar-refractivity contribution in [3.63, 3.8) is 0 Å². The van der Waals surface area contributed by atoms with Crippen LogP contribution >= 0.6 is 27.5 Å². The summed E-state index contributed by atoms with van der Waals surface area (Å²) in [4.78, 5) is 10.2. The van der Waals surface area contributed by atoms with Crippen LogP contribution in [0.3, 0.4) is 0 Å².